The quantitative estimate of drug-likeness (QED) is 0.651. The number of carbonyl (C=O) groups excluding carboxylic acids is 1. The van der Waals surface area contributed by atoms with Crippen LogP contribution < -0.4 is 24.8 Å². The van der Waals surface area contributed by atoms with Crippen LogP contribution in [0.25, 0.3) is 0 Å². The molecule has 0 spiro atoms. The van der Waals surface area contributed by atoms with Crippen LogP contribution in [0.5, 0.6) is 17.2 Å². The monoisotopic (exact) mass is 376 g/mol. The Labute approximate surface area is 163 Å². The molecule has 0 radical (unpaired) electrons. The fraction of sp³-hybridized carbons (Fsp3) is 0.136. The lowest BCUT2D eigenvalue weighted by atomic mass is 10.2. The third-order valence-corrected chi connectivity index (χ3v) is 4.21. The molecule has 0 aromatic heterocycles. The van der Waals surface area contributed by atoms with Crippen LogP contribution in [0.1, 0.15) is 5.56 Å². The summed E-state index contributed by atoms with van der Waals surface area (Å²) in [5.74, 6) is 2.00. The summed E-state index contributed by atoms with van der Waals surface area (Å²) >= 11 is 0. The molecule has 0 saturated heterocycles. The third-order valence-electron chi connectivity index (χ3n) is 4.21. The van der Waals surface area contributed by atoms with Gasteiger partial charge in [0.05, 0.1) is 6.54 Å². The summed E-state index contributed by atoms with van der Waals surface area (Å²) in [6.07, 6.45) is 0. The first-order valence-corrected chi connectivity index (χ1v) is 8.96. The van der Waals surface area contributed by atoms with Gasteiger partial charge in [0.2, 0.25) is 12.7 Å². The Morgan fingerprint density at radius 1 is 0.893 bits per heavy atom. The number of ether oxygens (including phenoxy) is 3. The van der Waals surface area contributed by atoms with E-state index >= 15 is 0 Å². The van der Waals surface area contributed by atoms with Crippen molar-refractivity contribution in [3.8, 4) is 17.2 Å². The summed E-state index contributed by atoms with van der Waals surface area (Å²) in [4.78, 5) is 12.2. The van der Waals surface area contributed by atoms with Crippen molar-refractivity contribution in [2.75, 3.05) is 24.0 Å². The summed E-state index contributed by atoms with van der Waals surface area (Å²) in [5.41, 5.74) is 2.61. The lowest BCUT2D eigenvalue weighted by molar-refractivity contribution is -0.114. The van der Waals surface area contributed by atoms with Crippen LogP contribution in [0.4, 0.5) is 11.4 Å². The van der Waals surface area contributed by atoms with Gasteiger partial charge in [0, 0.05) is 17.4 Å². The van der Waals surface area contributed by atoms with Crippen molar-refractivity contribution in [3.63, 3.8) is 0 Å². The molecular weight excluding hydrogens is 356 g/mol. The maximum Gasteiger partial charge on any atom is 0.243 e. The van der Waals surface area contributed by atoms with Crippen LogP contribution in [0.15, 0.2) is 72.8 Å². The Hall–Kier alpha value is -3.67. The Balaban J connectivity index is 1.25. The number of fused-ring (bicyclic) bond motifs is 1. The number of hydrogen-bond donors (Lipinski definition) is 2. The standard InChI is InChI=1S/C22H20N2O4/c25-22(13-23-18-8-11-20-21(12-18)28-15-27-20)24-17-6-9-19(10-7-17)26-14-16-4-2-1-3-5-16/h1-12,23H,13-15H2,(H,24,25). The van der Waals surface area contributed by atoms with E-state index in [1.807, 2.05) is 72.8 Å². The van der Waals surface area contributed by atoms with Crippen molar-refractivity contribution < 1.29 is 19.0 Å². The van der Waals surface area contributed by atoms with Crippen LogP contribution in [0.3, 0.4) is 0 Å². The largest absolute Gasteiger partial charge is 0.489 e. The van der Waals surface area contributed by atoms with Crippen molar-refractivity contribution in [1.82, 2.24) is 0 Å². The Morgan fingerprint density at radius 3 is 2.46 bits per heavy atom. The van der Waals surface area contributed by atoms with Crippen molar-refractivity contribution in [3.05, 3.63) is 78.4 Å². The molecule has 4 rings (SSSR count). The zero-order valence-electron chi connectivity index (χ0n) is 15.2. The van der Waals surface area contributed by atoms with Crippen LogP contribution in [0, 0.1) is 0 Å². The number of benzene rings is 3. The van der Waals surface area contributed by atoms with Crippen LogP contribution in [-0.2, 0) is 11.4 Å². The third kappa shape index (κ3) is 4.54. The van der Waals surface area contributed by atoms with Crippen LogP contribution in [0.2, 0.25) is 0 Å². The molecule has 3 aromatic carbocycles. The van der Waals surface area contributed by atoms with E-state index in [4.69, 9.17) is 14.2 Å². The maximum atomic E-state index is 12.2. The molecule has 6 heteroatoms. The van der Waals surface area contributed by atoms with E-state index in [2.05, 4.69) is 10.6 Å². The van der Waals surface area contributed by atoms with E-state index in [0.29, 0.717) is 23.8 Å². The van der Waals surface area contributed by atoms with Crippen LogP contribution in [-0.4, -0.2) is 19.2 Å². The fourth-order valence-corrected chi connectivity index (χ4v) is 2.77. The minimum atomic E-state index is -0.143. The van der Waals surface area contributed by atoms with Gasteiger partial charge in [-0.15, -0.1) is 0 Å². The molecule has 1 aliphatic rings. The van der Waals surface area contributed by atoms with Crippen molar-refractivity contribution in [2.24, 2.45) is 0 Å². The van der Waals surface area contributed by atoms with E-state index < -0.39 is 0 Å². The van der Waals surface area contributed by atoms with Gasteiger partial charge in [0.15, 0.2) is 11.5 Å². The predicted octanol–water partition coefficient (Wildman–Crippen LogP) is 4.04. The van der Waals surface area contributed by atoms with E-state index in [1.54, 1.807) is 0 Å². The van der Waals surface area contributed by atoms with E-state index in [0.717, 1.165) is 17.0 Å². The molecule has 3 aromatic rings. The van der Waals surface area contributed by atoms with Crippen molar-refractivity contribution in [2.45, 2.75) is 6.61 Å². The molecule has 1 heterocycles. The second-order valence-corrected chi connectivity index (χ2v) is 6.27. The fourth-order valence-electron chi connectivity index (χ4n) is 2.77. The summed E-state index contributed by atoms with van der Waals surface area (Å²) in [6, 6.07) is 22.8. The summed E-state index contributed by atoms with van der Waals surface area (Å²) in [7, 11) is 0. The highest BCUT2D eigenvalue weighted by molar-refractivity contribution is 5.93. The predicted molar refractivity (Wildman–Crippen MR) is 107 cm³/mol. The topological polar surface area (TPSA) is 68.8 Å². The molecule has 142 valence electrons. The Kier molecular flexibility index (Phi) is 5.29. The molecule has 0 atom stereocenters. The second-order valence-electron chi connectivity index (χ2n) is 6.27. The van der Waals surface area contributed by atoms with Gasteiger partial charge in [0.1, 0.15) is 12.4 Å². The molecule has 0 aliphatic carbocycles. The molecule has 0 unspecified atom stereocenters. The lowest BCUT2D eigenvalue weighted by Gasteiger charge is -2.10. The average Bonchev–Trinajstić information content (AvgIpc) is 3.20. The number of amides is 1. The van der Waals surface area contributed by atoms with Gasteiger partial charge in [-0.05, 0) is 42.0 Å². The lowest BCUT2D eigenvalue weighted by Crippen LogP contribution is -2.21. The number of hydrogen-bond acceptors (Lipinski definition) is 5. The molecule has 0 saturated carbocycles. The van der Waals surface area contributed by atoms with Gasteiger partial charge >= 0.3 is 0 Å². The minimum absolute atomic E-state index is 0.143. The van der Waals surface area contributed by atoms with E-state index in [9.17, 15) is 4.79 Å². The maximum absolute atomic E-state index is 12.2. The first-order chi connectivity index (χ1) is 13.8. The average molecular weight is 376 g/mol. The van der Waals surface area contributed by atoms with Crippen molar-refractivity contribution in [1.29, 1.82) is 0 Å². The molecule has 1 amide bonds. The van der Waals surface area contributed by atoms with Gasteiger partial charge in [-0.1, -0.05) is 30.3 Å². The van der Waals surface area contributed by atoms with Gasteiger partial charge in [0.25, 0.3) is 0 Å². The molecule has 2 N–H and O–H groups in total. The van der Waals surface area contributed by atoms with E-state index in [-0.39, 0.29) is 19.2 Å². The highest BCUT2D eigenvalue weighted by Gasteiger charge is 2.13. The van der Waals surface area contributed by atoms with Gasteiger partial charge in [-0.2, -0.15) is 0 Å². The Bertz CT molecular complexity index is 943. The molecule has 6 nitrogen and oxygen atoms in total. The first-order valence-electron chi connectivity index (χ1n) is 8.96. The highest BCUT2D eigenvalue weighted by atomic mass is 16.7. The number of nitrogens with one attached hydrogen (secondary N) is 2. The molecule has 0 bridgehead atoms. The molecule has 1 aliphatic heterocycles. The smallest absolute Gasteiger partial charge is 0.243 e. The minimum Gasteiger partial charge on any atom is -0.489 e. The second kappa shape index (κ2) is 8.35. The highest BCUT2D eigenvalue weighted by Crippen LogP contribution is 2.34. The normalized spacial score (nSPS) is 11.7. The van der Waals surface area contributed by atoms with Gasteiger partial charge in [-0.3, -0.25) is 4.79 Å². The molecular formula is C22H20N2O4. The number of anilines is 2. The van der Waals surface area contributed by atoms with E-state index in [1.165, 1.54) is 0 Å². The SMILES string of the molecule is O=C(CNc1ccc2c(c1)OCO2)Nc1ccc(OCc2ccccc2)cc1. The molecule has 28 heavy (non-hydrogen) atoms. The summed E-state index contributed by atoms with van der Waals surface area (Å²) in [5, 5.41) is 5.92. The van der Waals surface area contributed by atoms with Gasteiger partial charge < -0.3 is 24.8 Å². The zero-order valence-corrected chi connectivity index (χ0v) is 15.2. The Morgan fingerprint density at radius 2 is 1.64 bits per heavy atom. The zero-order chi connectivity index (χ0) is 19.2. The van der Waals surface area contributed by atoms with Gasteiger partial charge in [-0.25, -0.2) is 0 Å². The summed E-state index contributed by atoms with van der Waals surface area (Å²) in [6.45, 7) is 0.877. The number of carbonyl (C=O) groups is 1. The first kappa shape index (κ1) is 17.7. The summed E-state index contributed by atoms with van der Waals surface area (Å²) < 4.78 is 16.3. The number of rotatable bonds is 7. The van der Waals surface area contributed by atoms with Crippen molar-refractivity contribution >= 4 is 17.3 Å². The molecule has 0 fully saturated rings. The van der Waals surface area contributed by atoms with Crippen LogP contribution >= 0.6 is 0 Å².